The second-order valence-corrected chi connectivity index (χ2v) is 3.48. The molecule has 0 aromatic carbocycles. The van der Waals surface area contributed by atoms with Gasteiger partial charge in [0.2, 0.25) is 0 Å². The summed E-state index contributed by atoms with van der Waals surface area (Å²) >= 11 is 0. The van der Waals surface area contributed by atoms with E-state index in [1.807, 2.05) is 0 Å². The first kappa shape index (κ1) is 15.7. The Morgan fingerprint density at radius 3 is 1.56 bits per heavy atom. The SMILES string of the molecule is O=C(CC(O)(CC(=O)OP)C(=O)OP)OP. The average Bonchev–Trinajstić information content (AvgIpc) is 2.27. The van der Waals surface area contributed by atoms with Crippen molar-refractivity contribution in [2.45, 2.75) is 18.4 Å². The molecule has 0 saturated heterocycles. The van der Waals surface area contributed by atoms with Crippen LogP contribution in [0.1, 0.15) is 12.8 Å². The van der Waals surface area contributed by atoms with E-state index in [-0.39, 0.29) is 0 Å². The van der Waals surface area contributed by atoms with Crippen molar-refractivity contribution in [2.24, 2.45) is 0 Å². The van der Waals surface area contributed by atoms with Crippen LogP contribution in [0.15, 0.2) is 0 Å². The number of rotatable bonds is 5. The Labute approximate surface area is 98.4 Å². The Kier molecular flexibility index (Phi) is 6.93. The minimum atomic E-state index is -2.30. The third-order valence-corrected chi connectivity index (χ3v) is 2.36. The zero-order valence-electron chi connectivity index (χ0n) is 8.04. The predicted octanol–water partition coefficient (Wildman–Crippen LogP) is -0.502. The minimum absolute atomic E-state index is 0.719. The van der Waals surface area contributed by atoms with Crippen LogP contribution in [0.5, 0.6) is 0 Å². The van der Waals surface area contributed by atoms with Crippen molar-refractivity contribution < 1.29 is 33.1 Å². The highest BCUT2D eigenvalue weighted by atomic mass is 31.0. The quantitative estimate of drug-likeness (QED) is 0.680. The molecule has 0 aliphatic heterocycles. The standard InChI is InChI=1S/C6H11O7P3/c7-3(11-14)1-6(10,5(9)13-16)2-4(8)12-15/h10H,1-2,14-16H2. The van der Waals surface area contributed by atoms with Gasteiger partial charge in [-0.2, -0.15) is 0 Å². The molecule has 0 aromatic heterocycles. The highest BCUT2D eigenvalue weighted by Gasteiger charge is 2.42. The summed E-state index contributed by atoms with van der Waals surface area (Å²) in [4.78, 5) is 33.1. The lowest BCUT2D eigenvalue weighted by Gasteiger charge is -2.22. The van der Waals surface area contributed by atoms with Crippen LogP contribution in [0.25, 0.3) is 0 Å². The molecule has 0 aliphatic rings. The maximum absolute atomic E-state index is 11.2. The van der Waals surface area contributed by atoms with Crippen LogP contribution in [0, 0.1) is 0 Å². The summed E-state index contributed by atoms with van der Waals surface area (Å²) in [5, 5.41) is 9.77. The summed E-state index contributed by atoms with van der Waals surface area (Å²) in [5.41, 5.74) is -2.30. The Morgan fingerprint density at radius 2 is 1.31 bits per heavy atom. The number of aliphatic hydroxyl groups is 1. The molecule has 0 aromatic rings. The summed E-state index contributed by atoms with van der Waals surface area (Å²) < 4.78 is 12.6. The molecule has 92 valence electrons. The van der Waals surface area contributed by atoms with Gasteiger partial charge >= 0.3 is 17.9 Å². The summed E-state index contributed by atoms with van der Waals surface area (Å²) in [7, 11) is 4.94. The molecular weight excluding hydrogens is 277 g/mol. The molecule has 0 bridgehead atoms. The van der Waals surface area contributed by atoms with Gasteiger partial charge in [-0.15, -0.1) is 0 Å². The molecule has 0 amide bonds. The number of carbonyl (C=O) groups excluding carboxylic acids is 3. The molecule has 10 heteroatoms. The molecule has 0 radical (unpaired) electrons. The first-order chi connectivity index (χ1) is 7.39. The topological polar surface area (TPSA) is 99.1 Å². The van der Waals surface area contributed by atoms with Crippen molar-refractivity contribution in [3.05, 3.63) is 0 Å². The second-order valence-electron chi connectivity index (χ2n) is 2.77. The lowest BCUT2D eigenvalue weighted by molar-refractivity contribution is -0.165. The smallest absolute Gasteiger partial charge is 0.341 e. The van der Waals surface area contributed by atoms with Crippen molar-refractivity contribution in [2.75, 3.05) is 0 Å². The van der Waals surface area contributed by atoms with Gasteiger partial charge in [-0.1, -0.05) is 0 Å². The molecule has 1 N–H and O–H groups in total. The summed E-state index contributed by atoms with van der Waals surface area (Å²) in [6.07, 6.45) is -1.44. The van der Waals surface area contributed by atoms with E-state index in [4.69, 9.17) is 0 Å². The van der Waals surface area contributed by atoms with Gasteiger partial charge in [0.1, 0.15) is 0 Å². The summed E-state index contributed by atoms with van der Waals surface area (Å²) in [5.74, 6) is -2.93. The van der Waals surface area contributed by atoms with E-state index in [1.165, 1.54) is 0 Å². The monoisotopic (exact) mass is 288 g/mol. The van der Waals surface area contributed by atoms with Crippen LogP contribution in [-0.4, -0.2) is 28.6 Å². The Bertz CT molecular complexity index is 274. The number of hydrogen-bond donors (Lipinski definition) is 1. The Hall–Kier alpha value is -0.340. The van der Waals surface area contributed by atoms with E-state index in [2.05, 4.69) is 13.6 Å². The molecule has 3 atom stereocenters. The first-order valence-electron chi connectivity index (χ1n) is 3.82. The van der Waals surface area contributed by atoms with E-state index in [1.54, 1.807) is 28.4 Å². The van der Waals surface area contributed by atoms with E-state index in [0.717, 1.165) is 0 Å². The second kappa shape index (κ2) is 7.08. The van der Waals surface area contributed by atoms with Crippen molar-refractivity contribution in [1.82, 2.24) is 0 Å². The molecule has 0 fully saturated rings. The fourth-order valence-corrected chi connectivity index (χ4v) is 1.26. The molecule has 0 heterocycles. The van der Waals surface area contributed by atoms with Gasteiger partial charge in [0.25, 0.3) is 0 Å². The molecule has 0 aliphatic carbocycles. The van der Waals surface area contributed by atoms with Crippen molar-refractivity contribution in [1.29, 1.82) is 0 Å². The van der Waals surface area contributed by atoms with Gasteiger partial charge in [-0.25, -0.2) is 4.79 Å². The van der Waals surface area contributed by atoms with Crippen molar-refractivity contribution in [3.8, 4) is 0 Å². The first-order valence-corrected chi connectivity index (χ1v) is 5.23. The van der Waals surface area contributed by atoms with Gasteiger partial charge < -0.3 is 18.7 Å². The molecule has 0 rings (SSSR count). The van der Waals surface area contributed by atoms with Crippen LogP contribution >= 0.6 is 28.4 Å². The number of carbonyl (C=O) groups is 3. The zero-order chi connectivity index (χ0) is 12.8. The van der Waals surface area contributed by atoms with E-state index in [0.29, 0.717) is 0 Å². The number of hydrogen-bond acceptors (Lipinski definition) is 7. The van der Waals surface area contributed by atoms with E-state index >= 15 is 0 Å². The predicted molar refractivity (Wildman–Crippen MR) is 61.6 cm³/mol. The van der Waals surface area contributed by atoms with Crippen LogP contribution in [0.4, 0.5) is 0 Å². The van der Waals surface area contributed by atoms with E-state index in [9.17, 15) is 19.5 Å². The maximum Gasteiger partial charge on any atom is 0.341 e. The Morgan fingerprint density at radius 1 is 0.938 bits per heavy atom. The molecule has 0 saturated carbocycles. The van der Waals surface area contributed by atoms with Crippen molar-refractivity contribution >= 4 is 46.3 Å². The van der Waals surface area contributed by atoms with Crippen LogP contribution in [0.2, 0.25) is 0 Å². The average molecular weight is 288 g/mol. The van der Waals surface area contributed by atoms with Gasteiger partial charge in [-0.05, 0) is 0 Å². The molecular formula is C6H11O7P3. The lowest BCUT2D eigenvalue weighted by atomic mass is 9.96. The minimum Gasteiger partial charge on any atom is -0.451 e. The van der Waals surface area contributed by atoms with Crippen LogP contribution in [-0.2, 0) is 28.0 Å². The zero-order valence-corrected chi connectivity index (χ0v) is 11.5. The van der Waals surface area contributed by atoms with Crippen LogP contribution in [0.3, 0.4) is 0 Å². The Balaban J connectivity index is 4.81. The maximum atomic E-state index is 11.2. The third-order valence-electron chi connectivity index (χ3n) is 1.62. The fourth-order valence-electron chi connectivity index (χ4n) is 0.877. The molecule has 0 spiro atoms. The van der Waals surface area contributed by atoms with E-state index < -0.39 is 36.4 Å². The largest absolute Gasteiger partial charge is 0.451 e. The normalized spacial score (nSPS) is 10.5. The highest BCUT2D eigenvalue weighted by Crippen LogP contribution is 2.21. The molecule has 16 heavy (non-hydrogen) atoms. The van der Waals surface area contributed by atoms with Gasteiger partial charge in [0.15, 0.2) is 5.60 Å². The summed E-state index contributed by atoms with van der Waals surface area (Å²) in [6.45, 7) is 0. The highest BCUT2D eigenvalue weighted by molar-refractivity contribution is 7.11. The van der Waals surface area contributed by atoms with Gasteiger partial charge in [0, 0.05) is 0 Å². The summed E-state index contributed by atoms with van der Waals surface area (Å²) in [6, 6.07) is 0. The van der Waals surface area contributed by atoms with Crippen LogP contribution < -0.4 is 0 Å². The van der Waals surface area contributed by atoms with Gasteiger partial charge in [0.05, 0.1) is 41.2 Å². The fraction of sp³-hybridized carbons (Fsp3) is 0.500. The lowest BCUT2D eigenvalue weighted by Crippen LogP contribution is -2.43. The third kappa shape index (κ3) is 4.67. The van der Waals surface area contributed by atoms with Crippen molar-refractivity contribution in [3.63, 3.8) is 0 Å². The molecule has 7 nitrogen and oxygen atoms in total. The molecule has 3 unspecified atom stereocenters. The van der Waals surface area contributed by atoms with Gasteiger partial charge in [-0.3, -0.25) is 9.59 Å².